The molecular weight excluding hydrogens is 377 g/mol. The quantitative estimate of drug-likeness (QED) is 0.613. The highest BCUT2D eigenvalue weighted by atomic mass is 32.1. The summed E-state index contributed by atoms with van der Waals surface area (Å²) in [5.74, 6) is -1.54. The van der Waals surface area contributed by atoms with Gasteiger partial charge in [-0.2, -0.15) is 0 Å². The molecule has 3 aromatic rings. The smallest absolute Gasteiger partial charge is 0.263 e. The third-order valence-electron chi connectivity index (χ3n) is 3.87. The van der Waals surface area contributed by atoms with Crippen LogP contribution in [0, 0.1) is 5.82 Å². The molecule has 2 aromatic carbocycles. The molecule has 0 aliphatic carbocycles. The fourth-order valence-electron chi connectivity index (χ4n) is 2.62. The Bertz CT molecular complexity index is 1020. The Morgan fingerprint density at radius 3 is 2.68 bits per heavy atom. The average molecular weight is 395 g/mol. The molecule has 1 N–H and O–H groups in total. The molecule has 0 unspecified atom stereocenters. The van der Waals surface area contributed by atoms with Gasteiger partial charge < -0.3 is 5.32 Å². The lowest BCUT2D eigenvalue weighted by Gasteiger charge is -2.19. The van der Waals surface area contributed by atoms with E-state index in [1.807, 2.05) is 35.7 Å². The monoisotopic (exact) mass is 395 g/mol. The lowest BCUT2D eigenvalue weighted by atomic mass is 10.1. The van der Waals surface area contributed by atoms with Crippen LogP contribution in [0.15, 0.2) is 66.6 Å². The average Bonchev–Trinajstić information content (AvgIpc) is 3.17. The molecule has 0 bridgehead atoms. The first kappa shape index (κ1) is 19.4. The summed E-state index contributed by atoms with van der Waals surface area (Å²) in [5, 5.41) is 4.84. The SMILES string of the molecule is C=CCN(C(=O)c1cc(NC(C)=O)ccc1F)c1nc(-c2ccccc2)cs1. The molecular formula is C21H18FN3O2S. The molecule has 0 fully saturated rings. The van der Waals surface area contributed by atoms with Gasteiger partial charge in [0.15, 0.2) is 5.13 Å². The summed E-state index contributed by atoms with van der Waals surface area (Å²) in [5.41, 5.74) is 1.86. The van der Waals surface area contributed by atoms with Crippen LogP contribution in [0.3, 0.4) is 0 Å². The molecule has 0 atom stereocenters. The summed E-state index contributed by atoms with van der Waals surface area (Å²) in [6.45, 7) is 5.19. The van der Waals surface area contributed by atoms with Crippen LogP contribution in [0.5, 0.6) is 0 Å². The van der Waals surface area contributed by atoms with Crippen molar-refractivity contribution in [2.75, 3.05) is 16.8 Å². The van der Waals surface area contributed by atoms with Crippen LogP contribution in [0.2, 0.25) is 0 Å². The molecule has 0 aliphatic rings. The predicted octanol–water partition coefficient (Wildman–Crippen LogP) is 4.74. The summed E-state index contributed by atoms with van der Waals surface area (Å²) in [6.07, 6.45) is 1.55. The molecule has 0 radical (unpaired) electrons. The second-order valence-corrected chi connectivity index (χ2v) is 6.80. The summed E-state index contributed by atoms with van der Waals surface area (Å²) in [4.78, 5) is 30.2. The maximum absolute atomic E-state index is 14.3. The number of halogens is 1. The molecule has 1 heterocycles. The maximum atomic E-state index is 14.3. The molecule has 0 saturated carbocycles. The number of aromatic nitrogens is 1. The number of nitrogens with zero attached hydrogens (tertiary/aromatic N) is 2. The van der Waals surface area contributed by atoms with Crippen molar-refractivity contribution >= 4 is 34.0 Å². The summed E-state index contributed by atoms with van der Waals surface area (Å²) < 4.78 is 14.3. The molecule has 28 heavy (non-hydrogen) atoms. The Labute approximate surface area is 166 Å². The third kappa shape index (κ3) is 4.32. The number of hydrogen-bond donors (Lipinski definition) is 1. The van der Waals surface area contributed by atoms with E-state index >= 15 is 0 Å². The van der Waals surface area contributed by atoms with E-state index in [0.29, 0.717) is 10.8 Å². The van der Waals surface area contributed by atoms with Crippen LogP contribution < -0.4 is 10.2 Å². The molecule has 3 rings (SSSR count). The number of carbonyl (C=O) groups is 2. The van der Waals surface area contributed by atoms with E-state index in [9.17, 15) is 14.0 Å². The van der Waals surface area contributed by atoms with Crippen molar-refractivity contribution in [2.45, 2.75) is 6.92 Å². The molecule has 5 nitrogen and oxygen atoms in total. The zero-order valence-electron chi connectivity index (χ0n) is 15.2. The molecule has 0 spiro atoms. The van der Waals surface area contributed by atoms with Crippen molar-refractivity contribution in [3.63, 3.8) is 0 Å². The highest BCUT2D eigenvalue weighted by molar-refractivity contribution is 7.14. The van der Waals surface area contributed by atoms with E-state index in [2.05, 4.69) is 16.9 Å². The third-order valence-corrected chi connectivity index (χ3v) is 4.73. The molecule has 0 saturated heterocycles. The number of carbonyl (C=O) groups excluding carboxylic acids is 2. The minimum Gasteiger partial charge on any atom is -0.326 e. The van der Waals surface area contributed by atoms with Gasteiger partial charge in [-0.15, -0.1) is 17.9 Å². The first-order valence-corrected chi connectivity index (χ1v) is 9.38. The minimum atomic E-state index is -0.673. The minimum absolute atomic E-state index is 0.149. The summed E-state index contributed by atoms with van der Waals surface area (Å²) in [7, 11) is 0. The highest BCUT2D eigenvalue weighted by Crippen LogP contribution is 2.29. The van der Waals surface area contributed by atoms with Crippen LogP contribution >= 0.6 is 11.3 Å². The fourth-order valence-corrected chi connectivity index (χ4v) is 3.46. The molecule has 2 amide bonds. The van der Waals surface area contributed by atoms with Crippen molar-refractivity contribution in [3.05, 3.63) is 77.9 Å². The van der Waals surface area contributed by atoms with Gasteiger partial charge in [0.05, 0.1) is 11.3 Å². The van der Waals surface area contributed by atoms with Crippen molar-refractivity contribution < 1.29 is 14.0 Å². The summed E-state index contributed by atoms with van der Waals surface area (Å²) in [6, 6.07) is 13.5. The second-order valence-electron chi connectivity index (χ2n) is 5.96. The van der Waals surface area contributed by atoms with Gasteiger partial charge in [-0.3, -0.25) is 14.5 Å². The molecule has 142 valence electrons. The van der Waals surface area contributed by atoms with Crippen molar-refractivity contribution in [3.8, 4) is 11.3 Å². The second kappa shape index (κ2) is 8.58. The van der Waals surface area contributed by atoms with Gasteiger partial charge in [0.25, 0.3) is 5.91 Å². The number of hydrogen-bond acceptors (Lipinski definition) is 4. The number of anilines is 2. The van der Waals surface area contributed by atoms with E-state index in [1.54, 1.807) is 6.08 Å². The van der Waals surface area contributed by atoms with Crippen molar-refractivity contribution in [2.24, 2.45) is 0 Å². The van der Waals surface area contributed by atoms with Crippen LogP contribution in [0.25, 0.3) is 11.3 Å². The van der Waals surface area contributed by atoms with Crippen LogP contribution in [-0.4, -0.2) is 23.3 Å². The van der Waals surface area contributed by atoms with Crippen LogP contribution in [0.1, 0.15) is 17.3 Å². The topological polar surface area (TPSA) is 62.3 Å². The van der Waals surface area contributed by atoms with Gasteiger partial charge in [-0.25, -0.2) is 9.37 Å². The standard InChI is InChI=1S/C21H18FN3O2S/c1-3-11-25(21-24-19(13-28-21)15-7-5-4-6-8-15)20(27)17-12-16(23-14(2)26)9-10-18(17)22/h3-10,12-13H,1,11H2,2H3,(H,23,26). The van der Waals surface area contributed by atoms with E-state index in [-0.39, 0.29) is 18.0 Å². The number of benzene rings is 2. The zero-order valence-corrected chi connectivity index (χ0v) is 16.0. The Morgan fingerprint density at radius 1 is 1.25 bits per heavy atom. The Balaban J connectivity index is 1.95. The van der Waals surface area contributed by atoms with Crippen LogP contribution in [0.4, 0.5) is 15.2 Å². The summed E-state index contributed by atoms with van der Waals surface area (Å²) >= 11 is 1.29. The lowest BCUT2D eigenvalue weighted by molar-refractivity contribution is -0.114. The Kier molecular flexibility index (Phi) is 5.96. The fraction of sp³-hybridized carbons (Fsp3) is 0.0952. The van der Waals surface area contributed by atoms with Gasteiger partial charge in [-0.05, 0) is 18.2 Å². The maximum Gasteiger partial charge on any atom is 0.263 e. The van der Waals surface area contributed by atoms with Gasteiger partial charge in [0.2, 0.25) is 5.91 Å². The van der Waals surface area contributed by atoms with E-state index in [0.717, 1.165) is 17.3 Å². The van der Waals surface area contributed by atoms with Gasteiger partial charge in [0, 0.05) is 30.1 Å². The first-order valence-electron chi connectivity index (χ1n) is 8.50. The van der Waals surface area contributed by atoms with E-state index < -0.39 is 11.7 Å². The number of amides is 2. The lowest BCUT2D eigenvalue weighted by Crippen LogP contribution is -2.31. The first-order chi connectivity index (χ1) is 13.5. The highest BCUT2D eigenvalue weighted by Gasteiger charge is 2.23. The van der Waals surface area contributed by atoms with Crippen molar-refractivity contribution in [1.29, 1.82) is 0 Å². The molecule has 0 aliphatic heterocycles. The van der Waals surface area contributed by atoms with Gasteiger partial charge in [-0.1, -0.05) is 36.4 Å². The Hall–Kier alpha value is -3.32. The van der Waals surface area contributed by atoms with Crippen LogP contribution in [-0.2, 0) is 4.79 Å². The Morgan fingerprint density at radius 2 is 2.00 bits per heavy atom. The normalized spacial score (nSPS) is 10.4. The van der Waals surface area contributed by atoms with Gasteiger partial charge in [0.1, 0.15) is 5.82 Å². The number of nitrogens with one attached hydrogen (secondary N) is 1. The molecule has 7 heteroatoms. The number of thiazole rings is 1. The molecule has 1 aromatic heterocycles. The number of rotatable bonds is 6. The van der Waals surface area contributed by atoms with Gasteiger partial charge >= 0.3 is 0 Å². The van der Waals surface area contributed by atoms with E-state index in [1.165, 1.54) is 35.3 Å². The van der Waals surface area contributed by atoms with E-state index in [4.69, 9.17) is 0 Å². The zero-order chi connectivity index (χ0) is 20.1. The predicted molar refractivity (Wildman–Crippen MR) is 110 cm³/mol. The van der Waals surface area contributed by atoms with Crippen molar-refractivity contribution in [1.82, 2.24) is 4.98 Å². The largest absolute Gasteiger partial charge is 0.326 e.